The molecule has 0 aliphatic rings. The normalized spacial score (nSPS) is 13.0. The van der Waals surface area contributed by atoms with Crippen LogP contribution in [0.3, 0.4) is 0 Å². The van der Waals surface area contributed by atoms with E-state index in [2.05, 4.69) is 10.6 Å². The minimum Gasteiger partial charge on any atom is -0.497 e. The van der Waals surface area contributed by atoms with Gasteiger partial charge in [-0.3, -0.25) is 9.59 Å². The van der Waals surface area contributed by atoms with Gasteiger partial charge in [-0.1, -0.05) is 26.0 Å². The van der Waals surface area contributed by atoms with E-state index in [1.54, 1.807) is 31.4 Å². The number of carbonyl (C=O) groups excluding carboxylic acids is 2. The molecule has 0 aliphatic heterocycles. The fourth-order valence-corrected chi connectivity index (χ4v) is 2.43. The van der Waals surface area contributed by atoms with Crippen LogP contribution in [0.5, 0.6) is 5.75 Å². The Balaban J connectivity index is 2.82. The maximum atomic E-state index is 12.5. The number of hydrogen-bond donors (Lipinski definition) is 4. The van der Waals surface area contributed by atoms with Crippen molar-refractivity contribution >= 4 is 17.8 Å². The Labute approximate surface area is 153 Å². The van der Waals surface area contributed by atoms with Crippen LogP contribution in [0.4, 0.5) is 0 Å². The van der Waals surface area contributed by atoms with Gasteiger partial charge in [0, 0.05) is 6.42 Å². The molecule has 1 rings (SSSR count). The van der Waals surface area contributed by atoms with Crippen molar-refractivity contribution in [2.45, 2.75) is 38.8 Å². The fraction of sp³-hybridized carbons (Fsp3) is 0.500. The Morgan fingerprint density at radius 2 is 1.73 bits per heavy atom. The lowest BCUT2D eigenvalue weighted by atomic mass is 10.0. The van der Waals surface area contributed by atoms with Gasteiger partial charge in [0.1, 0.15) is 17.8 Å². The molecule has 1 aromatic carbocycles. The number of carboxylic acids is 1. The SMILES string of the molecule is COc1ccc(C[C@H](NC(=O)[C@H](CC(C)C)NC(=O)CN)C(=O)O)cc1. The van der Waals surface area contributed by atoms with Crippen LogP contribution in [0, 0.1) is 5.92 Å². The molecule has 0 heterocycles. The number of benzene rings is 1. The van der Waals surface area contributed by atoms with Crippen molar-refractivity contribution < 1.29 is 24.2 Å². The van der Waals surface area contributed by atoms with Gasteiger partial charge in [-0.2, -0.15) is 0 Å². The molecule has 8 nitrogen and oxygen atoms in total. The molecule has 0 aliphatic carbocycles. The van der Waals surface area contributed by atoms with Crippen LogP contribution in [0.2, 0.25) is 0 Å². The lowest BCUT2D eigenvalue weighted by molar-refractivity contribution is -0.142. The first-order valence-electron chi connectivity index (χ1n) is 8.42. The van der Waals surface area contributed by atoms with Gasteiger partial charge in [-0.15, -0.1) is 0 Å². The van der Waals surface area contributed by atoms with Gasteiger partial charge in [-0.05, 0) is 30.0 Å². The zero-order valence-electron chi connectivity index (χ0n) is 15.3. The molecular formula is C18H27N3O5. The van der Waals surface area contributed by atoms with Gasteiger partial charge < -0.3 is 26.2 Å². The topological polar surface area (TPSA) is 131 Å². The molecule has 5 N–H and O–H groups in total. The van der Waals surface area contributed by atoms with E-state index in [9.17, 15) is 19.5 Å². The Morgan fingerprint density at radius 3 is 2.19 bits per heavy atom. The second-order valence-corrected chi connectivity index (χ2v) is 6.41. The van der Waals surface area contributed by atoms with Crippen molar-refractivity contribution in [1.82, 2.24) is 10.6 Å². The molecule has 0 fully saturated rings. The highest BCUT2D eigenvalue weighted by Crippen LogP contribution is 2.13. The Hall–Kier alpha value is -2.61. The molecule has 2 amide bonds. The first-order valence-corrected chi connectivity index (χ1v) is 8.42. The van der Waals surface area contributed by atoms with Crippen LogP contribution in [0.15, 0.2) is 24.3 Å². The van der Waals surface area contributed by atoms with Gasteiger partial charge >= 0.3 is 5.97 Å². The van der Waals surface area contributed by atoms with Crippen molar-refractivity contribution in [3.8, 4) is 5.75 Å². The van der Waals surface area contributed by atoms with Crippen molar-refractivity contribution in [2.24, 2.45) is 11.7 Å². The number of rotatable bonds is 10. The predicted octanol–water partition coefficient (Wildman–Crippen LogP) is 0.297. The Morgan fingerprint density at radius 1 is 1.12 bits per heavy atom. The van der Waals surface area contributed by atoms with Gasteiger partial charge in [0.25, 0.3) is 0 Å². The van der Waals surface area contributed by atoms with E-state index < -0.39 is 29.9 Å². The first kappa shape index (κ1) is 21.4. The minimum atomic E-state index is -1.15. The molecule has 8 heteroatoms. The molecule has 0 spiro atoms. The molecule has 26 heavy (non-hydrogen) atoms. The summed E-state index contributed by atoms with van der Waals surface area (Å²) in [4.78, 5) is 35.6. The second-order valence-electron chi connectivity index (χ2n) is 6.41. The van der Waals surface area contributed by atoms with E-state index >= 15 is 0 Å². The van der Waals surface area contributed by atoms with Gasteiger partial charge in [0.15, 0.2) is 0 Å². The van der Waals surface area contributed by atoms with Crippen LogP contribution >= 0.6 is 0 Å². The van der Waals surface area contributed by atoms with Crippen LogP contribution < -0.4 is 21.1 Å². The molecule has 0 saturated carbocycles. The molecule has 144 valence electrons. The maximum Gasteiger partial charge on any atom is 0.326 e. The second kappa shape index (κ2) is 10.4. The number of hydrogen-bond acceptors (Lipinski definition) is 5. The van der Waals surface area contributed by atoms with Crippen molar-refractivity contribution in [3.63, 3.8) is 0 Å². The summed E-state index contributed by atoms with van der Waals surface area (Å²) in [6, 6.07) is 4.98. The van der Waals surface area contributed by atoms with E-state index in [0.29, 0.717) is 12.2 Å². The highest BCUT2D eigenvalue weighted by atomic mass is 16.5. The van der Waals surface area contributed by atoms with Gasteiger partial charge in [-0.25, -0.2) is 4.79 Å². The average Bonchev–Trinajstić information content (AvgIpc) is 2.60. The average molecular weight is 365 g/mol. The summed E-state index contributed by atoms with van der Waals surface area (Å²) in [5.74, 6) is -1.36. The van der Waals surface area contributed by atoms with Crippen molar-refractivity contribution in [3.05, 3.63) is 29.8 Å². The summed E-state index contributed by atoms with van der Waals surface area (Å²) in [5, 5.41) is 14.5. The summed E-state index contributed by atoms with van der Waals surface area (Å²) < 4.78 is 5.07. The van der Waals surface area contributed by atoms with Crippen LogP contribution in [-0.2, 0) is 20.8 Å². The largest absolute Gasteiger partial charge is 0.497 e. The molecule has 0 bridgehead atoms. The lowest BCUT2D eigenvalue weighted by Gasteiger charge is -2.22. The number of ether oxygens (including phenoxy) is 1. The lowest BCUT2D eigenvalue weighted by Crippen LogP contribution is -2.53. The van der Waals surface area contributed by atoms with E-state index in [1.165, 1.54) is 0 Å². The Bertz CT molecular complexity index is 616. The number of carboxylic acid groups (broad SMARTS) is 1. The number of carbonyl (C=O) groups is 3. The first-order chi connectivity index (χ1) is 12.3. The van der Waals surface area contributed by atoms with Gasteiger partial charge in [0.2, 0.25) is 11.8 Å². The summed E-state index contributed by atoms with van der Waals surface area (Å²) in [6.45, 7) is 3.57. The zero-order valence-corrected chi connectivity index (χ0v) is 15.3. The highest BCUT2D eigenvalue weighted by Gasteiger charge is 2.27. The summed E-state index contributed by atoms with van der Waals surface area (Å²) in [7, 11) is 1.54. The molecule has 0 aromatic heterocycles. The highest BCUT2D eigenvalue weighted by molar-refractivity contribution is 5.90. The van der Waals surface area contributed by atoms with Crippen molar-refractivity contribution in [1.29, 1.82) is 0 Å². The third kappa shape index (κ3) is 7.10. The molecule has 0 radical (unpaired) electrons. The fourth-order valence-electron chi connectivity index (χ4n) is 2.43. The van der Waals surface area contributed by atoms with E-state index in [0.717, 1.165) is 5.56 Å². The molecule has 0 saturated heterocycles. The summed E-state index contributed by atoms with van der Waals surface area (Å²) in [6.07, 6.45) is 0.497. The van der Waals surface area contributed by atoms with E-state index in [1.807, 2.05) is 13.8 Å². The number of methoxy groups -OCH3 is 1. The van der Waals surface area contributed by atoms with Crippen LogP contribution in [0.25, 0.3) is 0 Å². The summed E-state index contributed by atoms with van der Waals surface area (Å²) in [5.41, 5.74) is 6.02. The molecular weight excluding hydrogens is 338 g/mol. The third-order valence-corrected chi connectivity index (χ3v) is 3.76. The van der Waals surface area contributed by atoms with Crippen LogP contribution in [0.1, 0.15) is 25.8 Å². The Kier molecular flexibility index (Phi) is 8.57. The van der Waals surface area contributed by atoms with E-state index in [4.69, 9.17) is 10.5 Å². The minimum absolute atomic E-state index is 0.115. The third-order valence-electron chi connectivity index (χ3n) is 3.76. The van der Waals surface area contributed by atoms with Crippen molar-refractivity contribution in [2.75, 3.05) is 13.7 Å². The maximum absolute atomic E-state index is 12.5. The smallest absolute Gasteiger partial charge is 0.326 e. The number of aliphatic carboxylic acids is 1. The standard InChI is InChI=1S/C18H27N3O5/c1-11(2)8-14(20-16(22)10-19)17(23)21-15(18(24)25)9-12-4-6-13(26-3)7-5-12/h4-7,11,14-15H,8-10,19H2,1-3H3,(H,20,22)(H,21,23)(H,24,25)/t14-,15-/m0/s1. The predicted molar refractivity (Wildman–Crippen MR) is 96.7 cm³/mol. The monoisotopic (exact) mass is 365 g/mol. The van der Waals surface area contributed by atoms with Gasteiger partial charge in [0.05, 0.1) is 13.7 Å². The number of nitrogens with one attached hydrogen (secondary N) is 2. The molecule has 0 unspecified atom stereocenters. The quantitative estimate of drug-likeness (QED) is 0.472. The zero-order chi connectivity index (χ0) is 19.7. The number of amides is 2. The summed E-state index contributed by atoms with van der Waals surface area (Å²) >= 11 is 0. The molecule has 2 atom stereocenters. The molecule has 1 aromatic rings. The van der Waals surface area contributed by atoms with Crippen LogP contribution in [-0.4, -0.2) is 48.6 Å². The van der Waals surface area contributed by atoms with E-state index in [-0.39, 0.29) is 18.9 Å². The number of nitrogens with two attached hydrogens (primary N) is 1.